The van der Waals surface area contributed by atoms with Crippen molar-refractivity contribution in [2.45, 2.75) is 25.9 Å². The molecule has 1 aromatic heterocycles. The van der Waals surface area contributed by atoms with Crippen molar-refractivity contribution < 1.29 is 23.0 Å². The van der Waals surface area contributed by atoms with Gasteiger partial charge in [-0.3, -0.25) is 4.74 Å². The van der Waals surface area contributed by atoms with Gasteiger partial charge in [0.1, 0.15) is 0 Å². The van der Waals surface area contributed by atoms with Gasteiger partial charge in [-0.1, -0.05) is 0 Å². The summed E-state index contributed by atoms with van der Waals surface area (Å²) in [6.45, 7) is 1.15. The molecule has 0 aliphatic heterocycles. The molecule has 0 saturated carbocycles. The molecule has 0 spiro atoms. The lowest BCUT2D eigenvalue weighted by molar-refractivity contribution is -0.325. The molecule has 0 bridgehead atoms. The predicted molar refractivity (Wildman–Crippen MR) is 47.1 cm³/mol. The monoisotopic (exact) mass is 223 g/mol. The van der Waals surface area contributed by atoms with E-state index in [0.717, 1.165) is 0 Å². The van der Waals surface area contributed by atoms with E-state index in [0.29, 0.717) is 5.69 Å². The van der Waals surface area contributed by atoms with Crippen LogP contribution < -0.4 is 0 Å². The van der Waals surface area contributed by atoms with Crippen LogP contribution in [0.1, 0.15) is 18.7 Å². The summed E-state index contributed by atoms with van der Waals surface area (Å²) in [6.07, 6.45) is -3.70. The van der Waals surface area contributed by atoms with Crippen molar-refractivity contribution in [2.75, 3.05) is 6.61 Å². The molecule has 0 saturated heterocycles. The molecule has 1 aromatic rings. The topological polar surface area (TPSA) is 34.4 Å². The lowest BCUT2D eigenvalue weighted by atomic mass is 10.3. The quantitative estimate of drug-likeness (QED) is 0.847. The summed E-state index contributed by atoms with van der Waals surface area (Å²) in [7, 11) is 0. The Bertz CT molecular complexity index is 307. The summed E-state index contributed by atoms with van der Waals surface area (Å²) in [4.78, 5) is 0. The van der Waals surface area contributed by atoms with Crippen LogP contribution in [0.3, 0.4) is 0 Å². The molecule has 1 unspecified atom stereocenters. The van der Waals surface area contributed by atoms with E-state index >= 15 is 0 Å². The van der Waals surface area contributed by atoms with Gasteiger partial charge in [0, 0.05) is 18.4 Å². The first-order valence-corrected chi connectivity index (χ1v) is 4.44. The third kappa shape index (κ3) is 3.93. The summed E-state index contributed by atoms with van der Waals surface area (Å²) in [5.74, 6) is 0. The molecule has 0 radical (unpaired) electrons. The van der Waals surface area contributed by atoms with E-state index in [1.807, 2.05) is 0 Å². The van der Waals surface area contributed by atoms with Gasteiger partial charge in [-0.2, -0.15) is 0 Å². The molecule has 3 nitrogen and oxygen atoms in total. The van der Waals surface area contributed by atoms with Crippen LogP contribution in [0.25, 0.3) is 0 Å². The van der Waals surface area contributed by atoms with Gasteiger partial charge in [0.15, 0.2) is 0 Å². The van der Waals surface area contributed by atoms with Gasteiger partial charge in [0.25, 0.3) is 0 Å². The highest BCUT2D eigenvalue weighted by molar-refractivity contribution is 5.09. The van der Waals surface area contributed by atoms with Gasteiger partial charge >= 0.3 is 6.36 Å². The minimum atomic E-state index is -4.60. The van der Waals surface area contributed by atoms with Crippen molar-refractivity contribution in [1.82, 2.24) is 4.57 Å². The number of aliphatic hydroxyl groups is 1. The van der Waals surface area contributed by atoms with E-state index < -0.39 is 19.1 Å². The van der Waals surface area contributed by atoms with Crippen molar-refractivity contribution in [3.8, 4) is 0 Å². The van der Waals surface area contributed by atoms with E-state index in [2.05, 4.69) is 4.74 Å². The zero-order chi connectivity index (χ0) is 11.5. The molecule has 1 N–H and O–H groups in total. The van der Waals surface area contributed by atoms with E-state index in [9.17, 15) is 18.3 Å². The average Bonchev–Trinajstić information content (AvgIpc) is 2.49. The van der Waals surface area contributed by atoms with E-state index in [1.54, 1.807) is 25.3 Å². The molecule has 15 heavy (non-hydrogen) atoms. The first-order chi connectivity index (χ1) is 6.90. The van der Waals surface area contributed by atoms with Crippen LogP contribution >= 0.6 is 0 Å². The summed E-state index contributed by atoms with van der Waals surface area (Å²) < 4.78 is 40.1. The number of hydrogen-bond donors (Lipinski definition) is 1. The second kappa shape index (κ2) is 4.67. The number of ether oxygens (including phenoxy) is 1. The molecule has 1 atom stereocenters. The van der Waals surface area contributed by atoms with E-state index in [1.165, 1.54) is 4.57 Å². The number of hydrogen-bond acceptors (Lipinski definition) is 2. The minimum absolute atomic E-state index is 0.0622. The van der Waals surface area contributed by atoms with Crippen LogP contribution in [0.2, 0.25) is 0 Å². The Hall–Kier alpha value is -1.01. The number of aromatic nitrogens is 1. The summed E-state index contributed by atoms with van der Waals surface area (Å²) >= 11 is 0. The largest absolute Gasteiger partial charge is 0.522 e. The van der Waals surface area contributed by atoms with Crippen molar-refractivity contribution >= 4 is 0 Å². The van der Waals surface area contributed by atoms with Crippen molar-refractivity contribution in [3.63, 3.8) is 0 Å². The fourth-order valence-electron chi connectivity index (χ4n) is 1.27. The van der Waals surface area contributed by atoms with E-state index in [-0.39, 0.29) is 6.54 Å². The Morgan fingerprint density at radius 3 is 2.73 bits per heavy atom. The molecule has 0 aromatic carbocycles. The smallest absolute Gasteiger partial charge is 0.387 e. The van der Waals surface area contributed by atoms with Gasteiger partial charge in [-0.05, 0) is 19.1 Å². The molecule has 86 valence electrons. The molecule has 1 heterocycles. The molecule has 1 rings (SSSR count). The van der Waals surface area contributed by atoms with Crippen molar-refractivity contribution in [2.24, 2.45) is 0 Å². The second-order valence-corrected chi connectivity index (χ2v) is 3.10. The Morgan fingerprint density at radius 2 is 2.20 bits per heavy atom. The standard InChI is InChI=1S/C9H12F3NO2/c1-7(14)8-3-2-4-13(8)5-6-15-9(10,11)12/h2-4,7,14H,5-6H2,1H3. The first-order valence-electron chi connectivity index (χ1n) is 4.44. The number of rotatable bonds is 4. The highest BCUT2D eigenvalue weighted by Gasteiger charge is 2.28. The Kier molecular flexibility index (Phi) is 3.76. The number of alkyl halides is 3. The maximum absolute atomic E-state index is 11.7. The predicted octanol–water partition coefficient (Wildman–Crippen LogP) is 2.08. The summed E-state index contributed by atoms with van der Waals surface area (Å²) in [5, 5.41) is 9.27. The van der Waals surface area contributed by atoms with Crippen LogP contribution in [-0.4, -0.2) is 22.6 Å². The lowest BCUT2D eigenvalue weighted by Crippen LogP contribution is -2.18. The van der Waals surface area contributed by atoms with Crippen molar-refractivity contribution in [3.05, 3.63) is 24.0 Å². The first kappa shape index (κ1) is 12.1. The molecular weight excluding hydrogens is 211 g/mol. The van der Waals surface area contributed by atoms with Gasteiger partial charge in [0.2, 0.25) is 0 Å². The third-order valence-corrected chi connectivity index (χ3v) is 1.89. The Balaban J connectivity index is 2.47. The number of halogens is 3. The number of nitrogens with zero attached hydrogens (tertiary/aromatic N) is 1. The van der Waals surface area contributed by atoms with Gasteiger partial charge < -0.3 is 9.67 Å². The molecular formula is C9H12F3NO2. The molecule has 0 amide bonds. The maximum Gasteiger partial charge on any atom is 0.522 e. The molecule has 0 aliphatic rings. The zero-order valence-electron chi connectivity index (χ0n) is 8.16. The molecule has 0 fully saturated rings. The van der Waals surface area contributed by atoms with Crippen LogP contribution in [0.15, 0.2) is 18.3 Å². The minimum Gasteiger partial charge on any atom is -0.387 e. The molecule has 6 heteroatoms. The second-order valence-electron chi connectivity index (χ2n) is 3.10. The normalized spacial score (nSPS) is 14.2. The average molecular weight is 223 g/mol. The van der Waals surface area contributed by atoms with E-state index in [4.69, 9.17) is 0 Å². The lowest BCUT2D eigenvalue weighted by Gasteiger charge is -2.12. The molecule has 0 aliphatic carbocycles. The van der Waals surface area contributed by atoms with Crippen molar-refractivity contribution in [1.29, 1.82) is 0 Å². The van der Waals surface area contributed by atoms with Crippen LogP contribution in [0.4, 0.5) is 13.2 Å². The zero-order valence-corrected chi connectivity index (χ0v) is 8.16. The Labute approximate surface area is 85.1 Å². The van der Waals surface area contributed by atoms with Crippen LogP contribution in [-0.2, 0) is 11.3 Å². The van der Waals surface area contributed by atoms with Crippen LogP contribution in [0, 0.1) is 0 Å². The van der Waals surface area contributed by atoms with Crippen LogP contribution in [0.5, 0.6) is 0 Å². The summed E-state index contributed by atoms with van der Waals surface area (Å²) in [6, 6.07) is 3.31. The highest BCUT2D eigenvalue weighted by Crippen LogP contribution is 2.17. The van der Waals surface area contributed by atoms with Gasteiger partial charge in [-0.15, -0.1) is 13.2 Å². The Morgan fingerprint density at radius 1 is 1.53 bits per heavy atom. The number of aliphatic hydroxyl groups excluding tert-OH is 1. The third-order valence-electron chi connectivity index (χ3n) is 1.89. The highest BCUT2D eigenvalue weighted by atomic mass is 19.4. The maximum atomic E-state index is 11.7. The SMILES string of the molecule is CC(O)c1cccn1CCOC(F)(F)F. The van der Waals surface area contributed by atoms with Gasteiger partial charge in [0.05, 0.1) is 12.7 Å². The summed E-state index contributed by atoms with van der Waals surface area (Å²) in [5.41, 5.74) is 0.570. The van der Waals surface area contributed by atoms with Gasteiger partial charge in [-0.25, -0.2) is 0 Å². The fourth-order valence-corrected chi connectivity index (χ4v) is 1.27. The fraction of sp³-hybridized carbons (Fsp3) is 0.556.